The van der Waals surface area contributed by atoms with Crippen molar-refractivity contribution in [3.05, 3.63) is 277 Å². The standard InChI is InChI=1S/C66H46N2/c1-5-15-47(16-6-1)25-27-49-29-37-58(38-30-49)67(56-19-9-3-10-20-56)60-45-53-35-33-51-43-55(44-52-34-36-54(46-60)66(53)65(51)52)61-41-42-64(63-24-14-13-23-62(61)63)68(57-21-11-4-12-22-57)59-39-31-50(32-40-59)28-26-48-17-7-2-8-18-48/h1-46H. The zero-order chi connectivity index (χ0) is 45.2. The summed E-state index contributed by atoms with van der Waals surface area (Å²) < 4.78 is 0. The topological polar surface area (TPSA) is 6.48 Å². The summed E-state index contributed by atoms with van der Waals surface area (Å²) >= 11 is 0. The van der Waals surface area contributed by atoms with Gasteiger partial charge in [-0.25, -0.2) is 0 Å². The molecule has 12 rings (SSSR count). The SMILES string of the molecule is C(=Cc1ccc(N(c2ccccc2)c2cc3ccc4cc(-c5ccc(N(c6ccccc6)c6ccc(C=Cc7ccccc7)cc6)c6ccccc56)cc5ccc(c2)c3c45)cc1)c1ccccc1. The van der Waals surface area contributed by atoms with E-state index in [4.69, 9.17) is 0 Å². The molecule has 0 aromatic heterocycles. The third kappa shape index (κ3) is 7.85. The Morgan fingerprint density at radius 2 is 0.618 bits per heavy atom. The molecule has 0 bridgehead atoms. The first kappa shape index (κ1) is 40.5. The molecule has 12 aromatic rings. The molecule has 320 valence electrons. The molecule has 0 N–H and O–H groups in total. The van der Waals surface area contributed by atoms with Gasteiger partial charge in [0.1, 0.15) is 0 Å². The van der Waals surface area contributed by atoms with Crippen LogP contribution in [-0.4, -0.2) is 0 Å². The number of para-hydroxylation sites is 2. The van der Waals surface area contributed by atoms with Crippen LogP contribution < -0.4 is 9.80 Å². The summed E-state index contributed by atoms with van der Waals surface area (Å²) in [6.07, 6.45) is 8.68. The van der Waals surface area contributed by atoms with Crippen LogP contribution >= 0.6 is 0 Å². The average Bonchev–Trinajstić information content (AvgIpc) is 3.41. The van der Waals surface area contributed by atoms with Gasteiger partial charge in [0, 0.05) is 33.8 Å². The molecule has 0 amide bonds. The fourth-order valence-corrected chi connectivity index (χ4v) is 9.85. The first-order chi connectivity index (χ1) is 33.7. The van der Waals surface area contributed by atoms with Crippen molar-refractivity contribution in [2.24, 2.45) is 0 Å². The van der Waals surface area contributed by atoms with E-state index in [1.54, 1.807) is 0 Å². The van der Waals surface area contributed by atoms with Crippen LogP contribution in [0.1, 0.15) is 22.3 Å². The molecule has 0 atom stereocenters. The molecular formula is C66H46N2. The second-order valence-electron chi connectivity index (χ2n) is 17.4. The Hall–Kier alpha value is -8.98. The van der Waals surface area contributed by atoms with E-state index in [1.165, 1.54) is 65.3 Å². The molecule has 0 spiro atoms. The molecule has 0 fully saturated rings. The average molecular weight is 867 g/mol. The molecule has 0 saturated heterocycles. The molecule has 2 nitrogen and oxygen atoms in total. The van der Waals surface area contributed by atoms with Crippen molar-refractivity contribution in [3.8, 4) is 11.1 Å². The van der Waals surface area contributed by atoms with Crippen LogP contribution in [0, 0.1) is 0 Å². The molecule has 0 unspecified atom stereocenters. The van der Waals surface area contributed by atoms with E-state index in [0.717, 1.165) is 45.3 Å². The Morgan fingerprint density at radius 1 is 0.250 bits per heavy atom. The Bertz CT molecular complexity index is 3680. The number of fused-ring (bicyclic) bond motifs is 1. The summed E-state index contributed by atoms with van der Waals surface area (Å²) in [7, 11) is 0. The lowest BCUT2D eigenvalue weighted by molar-refractivity contribution is 1.29. The lowest BCUT2D eigenvalue weighted by atomic mass is 9.89. The van der Waals surface area contributed by atoms with Crippen molar-refractivity contribution < 1.29 is 0 Å². The van der Waals surface area contributed by atoms with E-state index in [-0.39, 0.29) is 0 Å². The molecule has 0 radical (unpaired) electrons. The maximum atomic E-state index is 2.39. The van der Waals surface area contributed by atoms with E-state index in [2.05, 4.69) is 277 Å². The Kier molecular flexibility index (Phi) is 10.6. The lowest BCUT2D eigenvalue weighted by Crippen LogP contribution is -2.10. The minimum absolute atomic E-state index is 1.11. The number of benzene rings is 12. The van der Waals surface area contributed by atoms with Crippen LogP contribution in [0.25, 0.3) is 78.5 Å². The van der Waals surface area contributed by atoms with Crippen molar-refractivity contribution >= 4 is 102 Å². The molecule has 2 heteroatoms. The Balaban J connectivity index is 0.911. The normalized spacial score (nSPS) is 11.7. The van der Waals surface area contributed by atoms with Crippen molar-refractivity contribution in [1.82, 2.24) is 0 Å². The van der Waals surface area contributed by atoms with Crippen molar-refractivity contribution in [1.29, 1.82) is 0 Å². The fraction of sp³-hybridized carbons (Fsp3) is 0. The Morgan fingerprint density at radius 3 is 1.10 bits per heavy atom. The highest BCUT2D eigenvalue weighted by atomic mass is 15.1. The number of hydrogen-bond donors (Lipinski definition) is 0. The monoisotopic (exact) mass is 866 g/mol. The number of nitrogens with zero attached hydrogens (tertiary/aromatic N) is 2. The minimum Gasteiger partial charge on any atom is -0.310 e. The molecule has 68 heavy (non-hydrogen) atoms. The van der Waals surface area contributed by atoms with Gasteiger partial charge in [-0.2, -0.15) is 0 Å². The third-order valence-corrected chi connectivity index (χ3v) is 13.1. The van der Waals surface area contributed by atoms with Crippen LogP contribution in [0.3, 0.4) is 0 Å². The summed E-state index contributed by atoms with van der Waals surface area (Å²) in [6.45, 7) is 0. The van der Waals surface area contributed by atoms with Gasteiger partial charge < -0.3 is 9.80 Å². The number of hydrogen-bond acceptors (Lipinski definition) is 2. The van der Waals surface area contributed by atoms with E-state index in [1.807, 2.05) is 12.1 Å². The van der Waals surface area contributed by atoms with Gasteiger partial charge in [-0.3, -0.25) is 0 Å². The van der Waals surface area contributed by atoms with Gasteiger partial charge in [-0.1, -0.05) is 200 Å². The molecule has 0 aliphatic rings. The maximum absolute atomic E-state index is 2.39. The second kappa shape index (κ2) is 17.8. The third-order valence-electron chi connectivity index (χ3n) is 13.1. The van der Waals surface area contributed by atoms with Crippen LogP contribution in [0.2, 0.25) is 0 Å². The summed E-state index contributed by atoms with van der Waals surface area (Å²) in [5.41, 5.74) is 13.8. The van der Waals surface area contributed by atoms with Gasteiger partial charge in [0.2, 0.25) is 0 Å². The van der Waals surface area contributed by atoms with Crippen LogP contribution in [0.15, 0.2) is 255 Å². The van der Waals surface area contributed by atoms with E-state index in [0.29, 0.717) is 0 Å². The summed E-state index contributed by atoms with van der Waals surface area (Å²) in [6, 6.07) is 92.2. The maximum Gasteiger partial charge on any atom is 0.0540 e. The number of rotatable bonds is 11. The predicted octanol–water partition coefficient (Wildman–Crippen LogP) is 18.7. The smallest absolute Gasteiger partial charge is 0.0540 e. The zero-order valence-electron chi connectivity index (χ0n) is 37.5. The van der Waals surface area contributed by atoms with Gasteiger partial charge in [-0.15, -0.1) is 0 Å². The van der Waals surface area contributed by atoms with Gasteiger partial charge >= 0.3 is 0 Å². The van der Waals surface area contributed by atoms with Gasteiger partial charge in [0.15, 0.2) is 0 Å². The Labute approximate surface area is 397 Å². The van der Waals surface area contributed by atoms with Crippen molar-refractivity contribution in [2.75, 3.05) is 9.80 Å². The number of anilines is 6. The van der Waals surface area contributed by atoms with Gasteiger partial charge in [0.05, 0.1) is 5.69 Å². The largest absolute Gasteiger partial charge is 0.310 e. The lowest BCUT2D eigenvalue weighted by Gasteiger charge is -2.27. The second-order valence-corrected chi connectivity index (χ2v) is 17.4. The first-order valence-corrected chi connectivity index (χ1v) is 23.3. The first-order valence-electron chi connectivity index (χ1n) is 23.3. The fourth-order valence-electron chi connectivity index (χ4n) is 9.85. The molecular weight excluding hydrogens is 821 g/mol. The highest BCUT2D eigenvalue weighted by molar-refractivity contribution is 6.25. The zero-order valence-corrected chi connectivity index (χ0v) is 37.5. The van der Waals surface area contributed by atoms with E-state index < -0.39 is 0 Å². The molecule has 0 aliphatic heterocycles. The van der Waals surface area contributed by atoms with Gasteiger partial charge in [0.25, 0.3) is 0 Å². The molecule has 12 aromatic carbocycles. The van der Waals surface area contributed by atoms with E-state index in [9.17, 15) is 0 Å². The van der Waals surface area contributed by atoms with Crippen LogP contribution in [0.5, 0.6) is 0 Å². The molecule has 0 aliphatic carbocycles. The minimum atomic E-state index is 1.11. The van der Waals surface area contributed by atoms with Crippen molar-refractivity contribution in [3.63, 3.8) is 0 Å². The predicted molar refractivity (Wildman–Crippen MR) is 293 cm³/mol. The van der Waals surface area contributed by atoms with Gasteiger partial charge in [-0.05, 0) is 150 Å². The van der Waals surface area contributed by atoms with E-state index >= 15 is 0 Å². The molecule has 0 heterocycles. The molecule has 0 saturated carbocycles. The summed E-state index contributed by atoms with van der Waals surface area (Å²) in [5.74, 6) is 0. The highest BCUT2D eigenvalue weighted by Gasteiger charge is 2.20. The van der Waals surface area contributed by atoms with Crippen LogP contribution in [-0.2, 0) is 0 Å². The van der Waals surface area contributed by atoms with Crippen molar-refractivity contribution in [2.45, 2.75) is 0 Å². The highest BCUT2D eigenvalue weighted by Crippen LogP contribution is 2.45. The van der Waals surface area contributed by atoms with Crippen LogP contribution in [0.4, 0.5) is 34.1 Å². The summed E-state index contributed by atoms with van der Waals surface area (Å²) in [4.78, 5) is 4.74. The quantitative estimate of drug-likeness (QED) is 0.0944. The summed E-state index contributed by atoms with van der Waals surface area (Å²) in [5, 5.41) is 9.93.